The summed E-state index contributed by atoms with van der Waals surface area (Å²) in [7, 11) is 0. The van der Waals surface area contributed by atoms with Gasteiger partial charge in [0.2, 0.25) is 0 Å². The monoisotopic (exact) mass is 877 g/mol. The number of aryl methyl sites for hydroxylation is 1. The zero-order chi connectivity index (χ0) is 54.2. The fourth-order valence-electron chi connectivity index (χ4n) is 13.4. The molecule has 0 spiro atoms. The Morgan fingerprint density at radius 3 is 2.03 bits per heavy atom. The molecule has 4 nitrogen and oxygen atoms in total. The van der Waals surface area contributed by atoms with Gasteiger partial charge in [0, 0.05) is 43.6 Å². The lowest BCUT2D eigenvalue weighted by Crippen LogP contribution is -2.58. The smallest absolute Gasteiger partial charge is 0.252 e. The summed E-state index contributed by atoms with van der Waals surface area (Å²) in [5.41, 5.74) is 12.9. The summed E-state index contributed by atoms with van der Waals surface area (Å²) in [4.78, 5) is 4.19. The van der Waals surface area contributed by atoms with E-state index in [9.17, 15) is 4.11 Å². The van der Waals surface area contributed by atoms with Crippen molar-refractivity contribution in [1.82, 2.24) is 0 Å². The molecule has 2 atom stereocenters. The Balaban J connectivity index is 1.22. The number of benzene rings is 6. The van der Waals surface area contributed by atoms with Gasteiger partial charge >= 0.3 is 0 Å². The van der Waals surface area contributed by atoms with Crippen LogP contribution in [0.15, 0.2) is 125 Å². The maximum Gasteiger partial charge on any atom is 0.252 e. The average Bonchev–Trinajstić information content (AvgIpc) is 4.09. The van der Waals surface area contributed by atoms with E-state index in [1.165, 1.54) is 27.8 Å². The second kappa shape index (κ2) is 13.1. The number of anilines is 5. The van der Waals surface area contributed by atoms with E-state index in [-0.39, 0.29) is 67.7 Å². The lowest BCUT2D eigenvalue weighted by molar-refractivity contribution is 0.104. The van der Waals surface area contributed by atoms with Crippen molar-refractivity contribution in [2.75, 3.05) is 9.80 Å². The number of rotatable bonds is 3. The number of hydrogen-bond donors (Lipinski definition) is 0. The van der Waals surface area contributed by atoms with Crippen LogP contribution in [0.3, 0.4) is 0 Å². The molecular formula is C61H63BN2O2. The van der Waals surface area contributed by atoms with Crippen molar-refractivity contribution >= 4 is 68.0 Å². The highest BCUT2D eigenvalue weighted by Gasteiger charge is 2.61. The molecule has 0 N–H and O–H groups in total. The Labute approximate surface area is 406 Å². The molecule has 3 aliphatic carbocycles. The van der Waals surface area contributed by atoms with Gasteiger partial charge in [-0.3, -0.25) is 4.90 Å². The van der Waals surface area contributed by atoms with Crippen LogP contribution in [0.4, 0.5) is 28.4 Å². The van der Waals surface area contributed by atoms with Crippen LogP contribution in [0.2, 0.25) is 0 Å². The molecule has 13 rings (SSSR count). The molecule has 4 heterocycles. The third-order valence-electron chi connectivity index (χ3n) is 17.3. The molecule has 2 unspecified atom stereocenters. The number of furan rings is 1. The van der Waals surface area contributed by atoms with Crippen LogP contribution in [0, 0.1) is 5.92 Å². The first-order valence-electron chi connectivity index (χ1n) is 29.0. The Morgan fingerprint density at radius 1 is 0.636 bits per heavy atom. The summed E-state index contributed by atoms with van der Waals surface area (Å²) < 4.78 is 105. The molecule has 0 bridgehead atoms. The Morgan fingerprint density at radius 2 is 1.29 bits per heavy atom. The average molecular weight is 877 g/mol. The van der Waals surface area contributed by atoms with Crippen molar-refractivity contribution in [3.05, 3.63) is 159 Å². The summed E-state index contributed by atoms with van der Waals surface area (Å²) >= 11 is 0. The summed E-state index contributed by atoms with van der Waals surface area (Å²) in [5, 5.41) is -0.0575. The maximum absolute atomic E-state index is 10.0. The van der Waals surface area contributed by atoms with Gasteiger partial charge in [-0.15, -0.1) is 0 Å². The summed E-state index contributed by atoms with van der Waals surface area (Å²) in [6, 6.07) is 21.1. The standard InChI is InChI=1S/C61H63BN2O2/c1-12-35-30-48-52-49(31-35)64(46-22-17-20-38-37-18-14-16-23-50(37)65-54(38)46)56-53(51-55(66-56)39-19-13-15-21-40(39)61(51,10)11)62(52)45-33-43-44(60(8,9)29-28-59(43,6)7)34-47(45)63(48)36-24-25-41-42(32-36)58(4,5)27-26-57(41,2)3/h13-25,30-34,51,55H,12,26-29H2,1-11H3/i1D3,14D,16D,17D,18D,20D,22D,23D. The van der Waals surface area contributed by atoms with Gasteiger partial charge < -0.3 is 14.1 Å². The molecule has 0 saturated heterocycles. The molecule has 6 aromatic carbocycles. The topological polar surface area (TPSA) is 28.9 Å². The predicted octanol–water partition coefficient (Wildman–Crippen LogP) is 14.8. The van der Waals surface area contributed by atoms with Gasteiger partial charge in [0.05, 0.1) is 15.3 Å². The quantitative estimate of drug-likeness (QED) is 0.165. The van der Waals surface area contributed by atoms with E-state index in [1.807, 2.05) is 17.0 Å². The first-order valence-corrected chi connectivity index (χ1v) is 24.0. The molecule has 0 amide bonds. The van der Waals surface area contributed by atoms with Crippen molar-refractivity contribution in [3.8, 4) is 0 Å². The van der Waals surface area contributed by atoms with E-state index < -0.39 is 61.3 Å². The molecule has 0 saturated carbocycles. The zero-order valence-electron chi connectivity index (χ0n) is 49.8. The molecule has 0 fully saturated rings. The van der Waals surface area contributed by atoms with Crippen LogP contribution >= 0.6 is 0 Å². The molecule has 5 heteroatoms. The van der Waals surface area contributed by atoms with Crippen LogP contribution in [0.1, 0.15) is 161 Å². The fourth-order valence-corrected chi connectivity index (χ4v) is 13.4. The van der Waals surface area contributed by atoms with E-state index in [0.29, 0.717) is 17.1 Å². The minimum Gasteiger partial charge on any atom is -0.470 e. The summed E-state index contributed by atoms with van der Waals surface area (Å²) in [5.74, 6) is 0.165. The Kier molecular flexibility index (Phi) is 6.20. The number of fused-ring (bicyclic) bond motifs is 12. The zero-order valence-corrected chi connectivity index (χ0v) is 39.8. The first kappa shape index (κ1) is 31.3. The third-order valence-corrected chi connectivity index (χ3v) is 17.3. The van der Waals surface area contributed by atoms with Crippen molar-refractivity contribution in [2.45, 2.75) is 141 Å². The van der Waals surface area contributed by atoms with Crippen molar-refractivity contribution in [1.29, 1.82) is 0 Å². The van der Waals surface area contributed by atoms with E-state index in [0.717, 1.165) is 64.7 Å². The predicted molar refractivity (Wildman–Crippen MR) is 276 cm³/mol. The molecule has 332 valence electrons. The Bertz CT molecular complexity index is 3830. The number of ether oxygens (including phenoxy) is 1. The highest BCUT2D eigenvalue weighted by atomic mass is 16.5. The van der Waals surface area contributed by atoms with E-state index in [1.54, 1.807) is 0 Å². The first-order chi connectivity index (χ1) is 35.5. The molecule has 6 aliphatic rings. The molecule has 3 aliphatic heterocycles. The Hall–Kier alpha value is -5.68. The van der Waals surface area contributed by atoms with E-state index >= 15 is 0 Å². The van der Waals surface area contributed by atoms with E-state index in [2.05, 4.69) is 129 Å². The minimum atomic E-state index is -2.39. The van der Waals surface area contributed by atoms with Gasteiger partial charge in [-0.25, -0.2) is 0 Å². The van der Waals surface area contributed by atoms with Crippen molar-refractivity contribution in [2.24, 2.45) is 5.92 Å². The van der Waals surface area contributed by atoms with Crippen molar-refractivity contribution < 1.29 is 22.9 Å². The van der Waals surface area contributed by atoms with Crippen LogP contribution in [-0.2, 0) is 38.2 Å². The van der Waals surface area contributed by atoms with Gasteiger partial charge in [-0.1, -0.05) is 143 Å². The molecule has 7 aromatic rings. The van der Waals surface area contributed by atoms with Gasteiger partial charge in [-0.2, -0.15) is 0 Å². The maximum atomic E-state index is 10.0. The number of hydrogen-bond acceptors (Lipinski definition) is 4. The van der Waals surface area contributed by atoms with Gasteiger partial charge in [0.15, 0.2) is 11.5 Å². The minimum absolute atomic E-state index is 0.0123. The largest absolute Gasteiger partial charge is 0.470 e. The van der Waals surface area contributed by atoms with Crippen LogP contribution < -0.4 is 20.7 Å². The van der Waals surface area contributed by atoms with E-state index in [4.69, 9.17) is 18.7 Å². The van der Waals surface area contributed by atoms with Crippen molar-refractivity contribution in [3.63, 3.8) is 0 Å². The van der Waals surface area contributed by atoms with Gasteiger partial charge in [-0.05, 0) is 157 Å². The van der Waals surface area contributed by atoms with Crippen LogP contribution in [0.5, 0.6) is 0 Å². The molecule has 66 heavy (non-hydrogen) atoms. The molecular weight excluding hydrogens is 803 g/mol. The lowest BCUT2D eigenvalue weighted by atomic mass is 9.30. The fraction of sp³-hybridized carbons (Fsp3) is 0.377. The number of nitrogens with zero attached hydrogens (tertiary/aromatic N) is 2. The van der Waals surface area contributed by atoms with Crippen LogP contribution in [-0.4, -0.2) is 6.71 Å². The lowest BCUT2D eigenvalue weighted by Gasteiger charge is -2.48. The van der Waals surface area contributed by atoms with Gasteiger partial charge in [0.25, 0.3) is 6.71 Å². The highest BCUT2D eigenvalue weighted by molar-refractivity contribution is 6.95. The third kappa shape index (κ3) is 5.24. The summed E-state index contributed by atoms with van der Waals surface area (Å²) in [6.07, 6.45) is 3.30. The number of para-hydroxylation sites is 2. The summed E-state index contributed by atoms with van der Waals surface area (Å²) in [6.45, 7) is 20.4. The van der Waals surface area contributed by atoms with Crippen LogP contribution in [0.25, 0.3) is 21.9 Å². The SMILES string of the molecule is [2H]c1c([2H])c([2H])c2c(oc3c(N4C5=C(B6c7cc8c(cc7N(c7ccc9c(c7)C(C)(C)CCC9(C)C)c7cc(CC([2H])([2H])[2H])cc4c76)C(C)(C)CCC8(C)C)C4C(O5)c5ccccc5C4(C)C)c([2H])c([2H])c([2H])c32)c1[2H]. The second-order valence-electron chi connectivity index (χ2n) is 23.4. The molecule has 0 radical (unpaired) electrons. The second-order valence-corrected chi connectivity index (χ2v) is 23.4. The molecule has 1 aromatic heterocycles. The normalized spacial score (nSPS) is 25.2. The highest BCUT2D eigenvalue weighted by Crippen LogP contribution is 2.63. The van der Waals surface area contributed by atoms with Gasteiger partial charge in [0.1, 0.15) is 11.7 Å².